The standard InChI is InChI=1S/C58H40N2/c1-3-16-39(17-4-1)54-36-46(37-55(59-54)40-18-5-2-6-19-40)60-56-32-31-44(35-53(56)57-51-26-11-9-24-49(51)50-25-10-12-27-52(50)58(57)60)42-29-30-43-34-45(22-13-21-41(43)33-42)48-28-14-20-38-15-7-8-23-47(38)48/h1-33,35-37,54,59H,34H2. The van der Waals surface area contributed by atoms with Crippen molar-refractivity contribution < 1.29 is 0 Å². The highest BCUT2D eigenvalue weighted by atomic mass is 15.0. The van der Waals surface area contributed by atoms with Crippen LogP contribution in [0.4, 0.5) is 0 Å². The van der Waals surface area contributed by atoms with Gasteiger partial charge in [0.2, 0.25) is 0 Å². The molecule has 0 radical (unpaired) electrons. The quantitative estimate of drug-likeness (QED) is 0.173. The van der Waals surface area contributed by atoms with Crippen molar-refractivity contribution in [2.24, 2.45) is 0 Å². The summed E-state index contributed by atoms with van der Waals surface area (Å²) in [6.45, 7) is 0. The fourth-order valence-electron chi connectivity index (χ4n) is 9.82. The molecule has 2 nitrogen and oxygen atoms in total. The van der Waals surface area contributed by atoms with Gasteiger partial charge in [-0.3, -0.25) is 0 Å². The summed E-state index contributed by atoms with van der Waals surface area (Å²) in [6.07, 6.45) is 12.4. The Morgan fingerprint density at radius 1 is 0.517 bits per heavy atom. The summed E-state index contributed by atoms with van der Waals surface area (Å²) >= 11 is 0. The third kappa shape index (κ3) is 5.64. The molecule has 1 aliphatic carbocycles. The van der Waals surface area contributed by atoms with Gasteiger partial charge in [-0.25, -0.2) is 0 Å². The Balaban J connectivity index is 1.06. The number of aromatic nitrogens is 1. The molecular weight excluding hydrogens is 725 g/mol. The zero-order valence-corrected chi connectivity index (χ0v) is 33.0. The van der Waals surface area contributed by atoms with Gasteiger partial charge < -0.3 is 9.88 Å². The number of dihydropyridines is 1. The molecule has 12 rings (SSSR count). The molecule has 2 heteroatoms. The van der Waals surface area contributed by atoms with E-state index < -0.39 is 0 Å². The third-order valence-corrected chi connectivity index (χ3v) is 12.6. The van der Waals surface area contributed by atoms with Crippen LogP contribution in [-0.2, 0) is 6.42 Å². The summed E-state index contributed by atoms with van der Waals surface area (Å²) in [5.74, 6) is 0. The number of rotatable bonds is 5. The highest BCUT2D eigenvalue weighted by molar-refractivity contribution is 6.32. The average Bonchev–Trinajstić information content (AvgIpc) is 3.52. The summed E-state index contributed by atoms with van der Waals surface area (Å²) in [6, 6.07) is 68.9. The predicted molar refractivity (Wildman–Crippen MR) is 256 cm³/mol. The summed E-state index contributed by atoms with van der Waals surface area (Å²) in [7, 11) is 0. The van der Waals surface area contributed by atoms with Gasteiger partial charge in [-0.1, -0.05) is 188 Å². The Bertz CT molecular complexity index is 3460. The van der Waals surface area contributed by atoms with E-state index in [-0.39, 0.29) is 6.04 Å². The van der Waals surface area contributed by atoms with Gasteiger partial charge in [-0.2, -0.15) is 0 Å². The van der Waals surface area contributed by atoms with Crippen molar-refractivity contribution in [3.05, 3.63) is 240 Å². The molecule has 1 unspecified atom stereocenters. The Morgan fingerprint density at radius 2 is 1.18 bits per heavy atom. The van der Waals surface area contributed by atoms with Crippen molar-refractivity contribution in [2.45, 2.75) is 12.5 Å². The lowest BCUT2D eigenvalue weighted by molar-refractivity contribution is 0.762. The number of hydrogen-bond acceptors (Lipinski definition) is 1. The number of benzene rings is 9. The first kappa shape index (κ1) is 34.4. The highest BCUT2D eigenvalue weighted by Crippen LogP contribution is 2.45. The van der Waals surface area contributed by atoms with Gasteiger partial charge in [0.1, 0.15) is 0 Å². The summed E-state index contributed by atoms with van der Waals surface area (Å²) in [5, 5.41) is 14.0. The van der Waals surface area contributed by atoms with Crippen LogP contribution in [0, 0.1) is 0 Å². The molecule has 1 N–H and O–H groups in total. The molecule has 0 spiro atoms. The third-order valence-electron chi connectivity index (χ3n) is 12.6. The topological polar surface area (TPSA) is 17.0 Å². The molecule has 2 aliphatic rings. The van der Waals surface area contributed by atoms with Gasteiger partial charge in [0.25, 0.3) is 0 Å². The molecule has 1 atom stereocenters. The minimum absolute atomic E-state index is 0.0110. The predicted octanol–water partition coefficient (Wildman–Crippen LogP) is 14.8. The fraction of sp³-hybridized carbons (Fsp3) is 0.0345. The monoisotopic (exact) mass is 764 g/mol. The molecule has 60 heavy (non-hydrogen) atoms. The van der Waals surface area contributed by atoms with Crippen LogP contribution in [0.5, 0.6) is 0 Å². The Hall–Kier alpha value is -7.68. The first-order chi connectivity index (χ1) is 29.7. The Morgan fingerprint density at radius 3 is 2.02 bits per heavy atom. The zero-order valence-electron chi connectivity index (χ0n) is 33.0. The van der Waals surface area contributed by atoms with Crippen molar-refractivity contribution in [2.75, 3.05) is 0 Å². The maximum Gasteiger partial charge on any atom is 0.0721 e. The summed E-state index contributed by atoms with van der Waals surface area (Å²) in [5.41, 5.74) is 14.8. The molecule has 2 heterocycles. The molecule has 1 aromatic heterocycles. The SMILES string of the molecule is C1=Cc2cc(-c3ccc4c(c3)c3c5ccccc5c5ccccc5c3n4C3=CC(c4ccccc4)NC(c4ccccc4)=C3)ccc2CC(c2cccc3ccccc23)=C1. The van der Waals surface area contributed by atoms with Crippen LogP contribution in [0.15, 0.2) is 212 Å². The van der Waals surface area contributed by atoms with E-state index in [2.05, 4.69) is 228 Å². The van der Waals surface area contributed by atoms with E-state index in [4.69, 9.17) is 0 Å². The molecule has 9 aromatic carbocycles. The van der Waals surface area contributed by atoms with E-state index >= 15 is 0 Å². The van der Waals surface area contributed by atoms with E-state index in [9.17, 15) is 0 Å². The fourth-order valence-corrected chi connectivity index (χ4v) is 9.82. The smallest absolute Gasteiger partial charge is 0.0721 e. The van der Waals surface area contributed by atoms with Gasteiger partial charge in [0.05, 0.1) is 17.1 Å². The molecule has 1 aliphatic heterocycles. The second kappa shape index (κ2) is 14.0. The van der Waals surface area contributed by atoms with Gasteiger partial charge in [0, 0.05) is 27.6 Å². The van der Waals surface area contributed by atoms with E-state index in [0.717, 1.165) is 17.8 Å². The van der Waals surface area contributed by atoms with Gasteiger partial charge in [-0.15, -0.1) is 0 Å². The molecular formula is C58H40N2. The van der Waals surface area contributed by atoms with Crippen molar-refractivity contribution >= 4 is 77.2 Å². The summed E-state index contributed by atoms with van der Waals surface area (Å²) in [4.78, 5) is 0. The normalized spacial score (nSPS) is 15.1. The molecule has 0 saturated carbocycles. The van der Waals surface area contributed by atoms with Crippen molar-refractivity contribution in [1.29, 1.82) is 0 Å². The second-order valence-electron chi connectivity index (χ2n) is 16.1. The van der Waals surface area contributed by atoms with Gasteiger partial charge in [0.15, 0.2) is 0 Å². The van der Waals surface area contributed by atoms with Crippen LogP contribution in [0.3, 0.4) is 0 Å². The van der Waals surface area contributed by atoms with Crippen molar-refractivity contribution in [3.8, 4) is 11.1 Å². The van der Waals surface area contributed by atoms with E-state index in [1.807, 2.05) is 0 Å². The minimum Gasteiger partial charge on any atom is -0.374 e. The van der Waals surface area contributed by atoms with Crippen LogP contribution in [0.2, 0.25) is 0 Å². The number of allylic oxidation sites excluding steroid dienone is 5. The van der Waals surface area contributed by atoms with Crippen LogP contribution >= 0.6 is 0 Å². The molecule has 0 amide bonds. The molecule has 282 valence electrons. The maximum atomic E-state index is 3.88. The van der Waals surface area contributed by atoms with Gasteiger partial charge >= 0.3 is 0 Å². The maximum absolute atomic E-state index is 3.88. The van der Waals surface area contributed by atoms with E-state index in [1.54, 1.807) is 0 Å². The molecule has 0 fully saturated rings. The van der Waals surface area contributed by atoms with E-state index in [0.29, 0.717) is 0 Å². The number of fused-ring (bicyclic) bond motifs is 10. The highest BCUT2D eigenvalue weighted by Gasteiger charge is 2.24. The lowest BCUT2D eigenvalue weighted by atomic mass is 9.91. The number of nitrogens with zero attached hydrogens (tertiary/aromatic N) is 1. The molecule has 10 aromatic rings. The van der Waals surface area contributed by atoms with Crippen molar-refractivity contribution in [1.82, 2.24) is 9.88 Å². The second-order valence-corrected chi connectivity index (χ2v) is 16.1. The molecule has 0 saturated heterocycles. The first-order valence-electron chi connectivity index (χ1n) is 20.9. The Labute approximate surface area is 349 Å². The van der Waals surface area contributed by atoms with Gasteiger partial charge in [-0.05, 0) is 108 Å². The van der Waals surface area contributed by atoms with E-state index in [1.165, 1.54) is 98.6 Å². The first-order valence-corrected chi connectivity index (χ1v) is 20.9. The van der Waals surface area contributed by atoms with Crippen LogP contribution in [0.25, 0.3) is 88.3 Å². The molecule has 0 bridgehead atoms. The largest absolute Gasteiger partial charge is 0.374 e. The number of nitrogens with one attached hydrogen (secondary N) is 1. The summed E-state index contributed by atoms with van der Waals surface area (Å²) < 4.78 is 2.53. The number of hydrogen-bond donors (Lipinski definition) is 1. The Kier molecular flexibility index (Phi) is 8.02. The lowest BCUT2D eigenvalue weighted by Crippen LogP contribution is -2.22. The lowest BCUT2D eigenvalue weighted by Gasteiger charge is -2.26. The van der Waals surface area contributed by atoms with Crippen LogP contribution in [-0.4, -0.2) is 4.57 Å². The van der Waals surface area contributed by atoms with Crippen LogP contribution in [0.1, 0.15) is 33.9 Å². The average molecular weight is 765 g/mol. The minimum atomic E-state index is -0.0110. The van der Waals surface area contributed by atoms with Crippen LogP contribution < -0.4 is 5.32 Å². The zero-order chi connectivity index (χ0) is 39.6. The van der Waals surface area contributed by atoms with Crippen molar-refractivity contribution in [3.63, 3.8) is 0 Å².